The van der Waals surface area contributed by atoms with E-state index in [0.717, 1.165) is 38.8 Å². The van der Waals surface area contributed by atoms with Crippen molar-refractivity contribution < 1.29 is 9.90 Å². The summed E-state index contributed by atoms with van der Waals surface area (Å²) in [5.74, 6) is 0.434. The third-order valence-electron chi connectivity index (χ3n) is 4.91. The summed E-state index contributed by atoms with van der Waals surface area (Å²) >= 11 is 0. The number of carbonyl (C=O) groups is 1. The van der Waals surface area contributed by atoms with Crippen LogP contribution in [-0.4, -0.2) is 47.2 Å². The molecule has 0 aromatic rings. The molecule has 1 aliphatic heterocycles. The summed E-state index contributed by atoms with van der Waals surface area (Å²) in [7, 11) is 0. The number of carboxylic acids is 1. The van der Waals surface area contributed by atoms with E-state index >= 15 is 0 Å². The van der Waals surface area contributed by atoms with Gasteiger partial charge < -0.3 is 10.0 Å². The predicted molar refractivity (Wildman–Crippen MR) is 74.1 cm³/mol. The molecule has 1 saturated heterocycles. The molecule has 2 atom stereocenters. The minimum atomic E-state index is -0.668. The van der Waals surface area contributed by atoms with Crippen LogP contribution in [0.25, 0.3) is 0 Å². The molecule has 0 spiro atoms. The summed E-state index contributed by atoms with van der Waals surface area (Å²) in [6.07, 6.45) is 6.96. The SMILES string of the molecule is CC1CCCN(CC(NC2CC2)(C(=O)O)C2CC2)C1. The molecule has 0 amide bonds. The van der Waals surface area contributed by atoms with Crippen LogP contribution in [0.15, 0.2) is 0 Å². The second kappa shape index (κ2) is 5.06. The molecule has 4 heteroatoms. The van der Waals surface area contributed by atoms with Crippen molar-refractivity contribution in [1.82, 2.24) is 10.2 Å². The van der Waals surface area contributed by atoms with E-state index in [0.29, 0.717) is 24.4 Å². The highest BCUT2D eigenvalue weighted by Crippen LogP contribution is 2.42. The van der Waals surface area contributed by atoms with E-state index in [1.54, 1.807) is 0 Å². The lowest BCUT2D eigenvalue weighted by Crippen LogP contribution is -2.62. The number of nitrogens with zero attached hydrogens (tertiary/aromatic N) is 1. The lowest BCUT2D eigenvalue weighted by atomic mass is 9.90. The van der Waals surface area contributed by atoms with Crippen molar-refractivity contribution in [2.24, 2.45) is 11.8 Å². The van der Waals surface area contributed by atoms with Crippen LogP contribution in [0.5, 0.6) is 0 Å². The zero-order valence-corrected chi connectivity index (χ0v) is 11.9. The van der Waals surface area contributed by atoms with E-state index in [2.05, 4.69) is 17.1 Å². The summed E-state index contributed by atoms with van der Waals surface area (Å²) in [5.41, 5.74) is -0.668. The van der Waals surface area contributed by atoms with Crippen LogP contribution in [0.3, 0.4) is 0 Å². The van der Waals surface area contributed by atoms with Crippen LogP contribution in [0.2, 0.25) is 0 Å². The Bertz CT molecular complexity index is 352. The quantitative estimate of drug-likeness (QED) is 0.768. The number of hydrogen-bond acceptors (Lipinski definition) is 3. The Morgan fingerprint density at radius 1 is 1.32 bits per heavy atom. The molecule has 0 bridgehead atoms. The second-order valence-electron chi connectivity index (χ2n) is 6.95. The van der Waals surface area contributed by atoms with E-state index in [9.17, 15) is 9.90 Å². The zero-order chi connectivity index (χ0) is 13.5. The lowest BCUT2D eigenvalue weighted by molar-refractivity contribution is -0.147. The second-order valence-corrected chi connectivity index (χ2v) is 6.95. The maximum atomic E-state index is 11.9. The topological polar surface area (TPSA) is 52.6 Å². The van der Waals surface area contributed by atoms with Gasteiger partial charge in [0.15, 0.2) is 0 Å². The average molecular weight is 266 g/mol. The largest absolute Gasteiger partial charge is 0.480 e. The van der Waals surface area contributed by atoms with Gasteiger partial charge in [-0.3, -0.25) is 10.1 Å². The molecule has 2 saturated carbocycles. The third kappa shape index (κ3) is 2.95. The summed E-state index contributed by atoms with van der Waals surface area (Å²) in [4.78, 5) is 14.3. The van der Waals surface area contributed by atoms with Crippen LogP contribution in [0.1, 0.15) is 45.4 Å². The van der Waals surface area contributed by atoms with Crippen molar-refractivity contribution in [3.63, 3.8) is 0 Å². The van der Waals surface area contributed by atoms with Gasteiger partial charge in [0.1, 0.15) is 5.54 Å². The molecule has 3 rings (SSSR count). The van der Waals surface area contributed by atoms with Gasteiger partial charge in [-0.15, -0.1) is 0 Å². The molecule has 3 fully saturated rings. The smallest absolute Gasteiger partial charge is 0.325 e. The average Bonchev–Trinajstić information content (AvgIpc) is 3.22. The molecular formula is C15H26N2O2. The first kappa shape index (κ1) is 13.4. The Kier molecular flexibility index (Phi) is 3.56. The molecule has 2 aliphatic carbocycles. The first-order chi connectivity index (χ1) is 9.10. The molecule has 2 unspecified atom stereocenters. The van der Waals surface area contributed by atoms with Crippen molar-refractivity contribution in [2.75, 3.05) is 19.6 Å². The van der Waals surface area contributed by atoms with E-state index in [4.69, 9.17) is 0 Å². The van der Waals surface area contributed by atoms with Gasteiger partial charge in [-0.2, -0.15) is 0 Å². The van der Waals surface area contributed by atoms with E-state index < -0.39 is 11.5 Å². The number of piperidine rings is 1. The third-order valence-corrected chi connectivity index (χ3v) is 4.91. The van der Waals surface area contributed by atoms with E-state index in [1.165, 1.54) is 12.8 Å². The van der Waals surface area contributed by atoms with Gasteiger partial charge in [0.25, 0.3) is 0 Å². The van der Waals surface area contributed by atoms with Crippen LogP contribution in [0, 0.1) is 11.8 Å². The fourth-order valence-electron chi connectivity index (χ4n) is 3.55. The normalized spacial score (nSPS) is 31.9. The van der Waals surface area contributed by atoms with Gasteiger partial charge >= 0.3 is 5.97 Å². The van der Waals surface area contributed by atoms with E-state index in [-0.39, 0.29) is 0 Å². The van der Waals surface area contributed by atoms with Gasteiger partial charge in [0.05, 0.1) is 0 Å². The van der Waals surface area contributed by atoms with Gasteiger partial charge in [-0.05, 0) is 56.9 Å². The Labute approximate surface area is 115 Å². The Morgan fingerprint density at radius 2 is 2.05 bits per heavy atom. The van der Waals surface area contributed by atoms with Crippen molar-refractivity contribution in [1.29, 1.82) is 0 Å². The van der Waals surface area contributed by atoms with Crippen LogP contribution < -0.4 is 5.32 Å². The van der Waals surface area contributed by atoms with Crippen LogP contribution in [0.4, 0.5) is 0 Å². The molecule has 4 nitrogen and oxygen atoms in total. The van der Waals surface area contributed by atoms with Crippen molar-refractivity contribution >= 4 is 5.97 Å². The van der Waals surface area contributed by atoms with Gasteiger partial charge in [0.2, 0.25) is 0 Å². The summed E-state index contributed by atoms with van der Waals surface area (Å²) < 4.78 is 0. The molecule has 2 N–H and O–H groups in total. The van der Waals surface area contributed by atoms with Crippen molar-refractivity contribution in [2.45, 2.75) is 57.0 Å². The van der Waals surface area contributed by atoms with Gasteiger partial charge in [-0.25, -0.2) is 0 Å². The zero-order valence-electron chi connectivity index (χ0n) is 11.9. The predicted octanol–water partition coefficient (Wildman–Crippen LogP) is 1.70. The van der Waals surface area contributed by atoms with Crippen LogP contribution >= 0.6 is 0 Å². The molecule has 0 aromatic heterocycles. The minimum absolute atomic E-state index is 0.350. The number of aliphatic carboxylic acids is 1. The van der Waals surface area contributed by atoms with Gasteiger partial charge in [-0.1, -0.05) is 6.92 Å². The monoisotopic (exact) mass is 266 g/mol. The highest BCUT2D eigenvalue weighted by Gasteiger charge is 2.54. The lowest BCUT2D eigenvalue weighted by Gasteiger charge is -2.39. The summed E-state index contributed by atoms with van der Waals surface area (Å²) in [5, 5.41) is 13.3. The number of rotatable bonds is 6. The molecule has 19 heavy (non-hydrogen) atoms. The number of likely N-dealkylation sites (tertiary alicyclic amines) is 1. The highest BCUT2D eigenvalue weighted by molar-refractivity contribution is 5.80. The summed E-state index contributed by atoms with van der Waals surface area (Å²) in [6.45, 7) is 5.11. The fourth-order valence-corrected chi connectivity index (χ4v) is 3.55. The highest BCUT2D eigenvalue weighted by atomic mass is 16.4. The molecule has 108 valence electrons. The maximum absolute atomic E-state index is 11.9. The Hall–Kier alpha value is -0.610. The number of nitrogens with one attached hydrogen (secondary N) is 1. The molecule has 0 aromatic carbocycles. The Balaban J connectivity index is 1.71. The van der Waals surface area contributed by atoms with Crippen LogP contribution in [-0.2, 0) is 4.79 Å². The maximum Gasteiger partial charge on any atom is 0.325 e. The molecular weight excluding hydrogens is 240 g/mol. The van der Waals surface area contributed by atoms with Gasteiger partial charge in [0, 0.05) is 19.1 Å². The minimum Gasteiger partial charge on any atom is -0.480 e. The molecule has 3 aliphatic rings. The first-order valence-electron chi connectivity index (χ1n) is 7.83. The Morgan fingerprint density at radius 3 is 2.58 bits per heavy atom. The van der Waals surface area contributed by atoms with Crippen molar-refractivity contribution in [3.8, 4) is 0 Å². The van der Waals surface area contributed by atoms with Crippen molar-refractivity contribution in [3.05, 3.63) is 0 Å². The standard InChI is InChI=1S/C15H26N2O2/c1-11-3-2-8-17(9-11)10-15(14(18)19,12-4-5-12)16-13-6-7-13/h11-13,16H,2-10H2,1H3,(H,18,19). The van der Waals surface area contributed by atoms with E-state index in [1.807, 2.05) is 0 Å². The first-order valence-corrected chi connectivity index (χ1v) is 7.83. The molecule has 0 radical (unpaired) electrons. The number of carboxylic acid groups (broad SMARTS) is 1. The number of hydrogen-bond donors (Lipinski definition) is 2. The molecule has 1 heterocycles. The fraction of sp³-hybridized carbons (Fsp3) is 0.933. The summed E-state index contributed by atoms with van der Waals surface area (Å²) in [6, 6.07) is 0.457.